The molecule has 2 aromatic rings. The summed E-state index contributed by atoms with van der Waals surface area (Å²) in [6.07, 6.45) is 3.43. The van der Waals surface area contributed by atoms with Gasteiger partial charge in [-0.25, -0.2) is 14.4 Å². The summed E-state index contributed by atoms with van der Waals surface area (Å²) in [7, 11) is 4.62. The number of anilines is 1. The molecule has 5 atom stereocenters. The molecule has 0 bridgehead atoms. The van der Waals surface area contributed by atoms with E-state index >= 15 is 4.39 Å². The van der Waals surface area contributed by atoms with Crippen molar-refractivity contribution < 1.29 is 28.2 Å². The number of carbonyl (C=O) groups is 2. The van der Waals surface area contributed by atoms with Crippen molar-refractivity contribution in [2.75, 3.05) is 59.0 Å². The summed E-state index contributed by atoms with van der Waals surface area (Å²) in [5.74, 6) is 0.911. The van der Waals surface area contributed by atoms with Gasteiger partial charge in [-0.3, -0.25) is 9.59 Å². The van der Waals surface area contributed by atoms with Crippen molar-refractivity contribution in [3.63, 3.8) is 0 Å². The lowest BCUT2D eigenvalue weighted by atomic mass is 9.85. The first kappa shape index (κ1) is 35.1. The molecule has 2 saturated heterocycles. The van der Waals surface area contributed by atoms with Crippen LogP contribution in [0, 0.1) is 18.8 Å². The van der Waals surface area contributed by atoms with Gasteiger partial charge in [0, 0.05) is 51.1 Å². The van der Waals surface area contributed by atoms with Gasteiger partial charge < -0.3 is 28.9 Å². The minimum Gasteiger partial charge on any atom is -0.497 e. The van der Waals surface area contributed by atoms with Gasteiger partial charge in [-0.15, -0.1) is 0 Å². The van der Waals surface area contributed by atoms with E-state index in [0.29, 0.717) is 57.0 Å². The van der Waals surface area contributed by atoms with Gasteiger partial charge in [0.05, 0.1) is 44.7 Å². The number of rotatable bonds is 13. The van der Waals surface area contributed by atoms with Gasteiger partial charge in [-0.05, 0) is 63.8 Å². The standard InChI is InChI=1S/C35H50FN5O5/c1-9-28(22-44-6)41(24(3)35(5,36)23(2)39-18-15-27(16-19-39)34(43)46-8)33(42)31-21-40(32-14-17-37-25(4)38-32)20-30(31)26-10-12-29(45-7)13-11-26/h10-14,17,24,27-28,30-31H,2,9,15-16,18-22H2,1,3-8H3/t24?,28-,30-,31+,35?/m0/s1. The highest BCUT2D eigenvalue weighted by Crippen LogP contribution is 2.40. The van der Waals surface area contributed by atoms with E-state index in [0.717, 1.165) is 17.1 Å². The zero-order chi connectivity index (χ0) is 33.6. The predicted molar refractivity (Wildman–Crippen MR) is 175 cm³/mol. The molecule has 2 unspecified atom stereocenters. The molecule has 2 aliphatic heterocycles. The van der Waals surface area contributed by atoms with Crippen LogP contribution in [-0.4, -0.2) is 104 Å². The lowest BCUT2D eigenvalue weighted by Crippen LogP contribution is -2.59. The van der Waals surface area contributed by atoms with Crippen molar-refractivity contribution in [2.24, 2.45) is 11.8 Å². The van der Waals surface area contributed by atoms with Gasteiger partial charge in [0.1, 0.15) is 17.4 Å². The first-order valence-electron chi connectivity index (χ1n) is 16.2. The predicted octanol–water partition coefficient (Wildman–Crippen LogP) is 4.78. The SMILES string of the molecule is C=C(N1CCC(C(=O)OC)CC1)C(C)(F)C(C)N(C(=O)[C@@H]1CN(c2ccnc(C)n2)C[C@H]1c1ccc(OC)cc1)[C@@H](CC)COC. The number of methoxy groups -OCH3 is 3. The fraction of sp³-hybridized carbons (Fsp3) is 0.600. The van der Waals surface area contributed by atoms with Crippen LogP contribution >= 0.6 is 0 Å². The van der Waals surface area contributed by atoms with Gasteiger partial charge >= 0.3 is 5.97 Å². The fourth-order valence-corrected chi connectivity index (χ4v) is 6.88. The Balaban J connectivity index is 1.67. The molecule has 0 spiro atoms. The lowest BCUT2D eigenvalue weighted by molar-refractivity contribution is -0.148. The molecule has 4 rings (SSSR count). The van der Waals surface area contributed by atoms with Crippen molar-refractivity contribution in [3.05, 3.63) is 60.2 Å². The third-order valence-corrected chi connectivity index (χ3v) is 9.92. The number of halogens is 1. The highest BCUT2D eigenvalue weighted by Gasteiger charge is 2.49. The number of nitrogens with zero attached hydrogens (tertiary/aromatic N) is 5. The molecule has 1 aromatic carbocycles. The topological polar surface area (TPSA) is 97.3 Å². The largest absolute Gasteiger partial charge is 0.497 e. The molecule has 11 heteroatoms. The van der Waals surface area contributed by atoms with E-state index in [9.17, 15) is 9.59 Å². The van der Waals surface area contributed by atoms with Crippen LogP contribution in [0.1, 0.15) is 57.3 Å². The minimum atomic E-state index is -1.95. The second-order valence-electron chi connectivity index (χ2n) is 12.6. The van der Waals surface area contributed by atoms with Crippen LogP contribution in [0.2, 0.25) is 0 Å². The number of piperidine rings is 1. The average molecular weight is 640 g/mol. The van der Waals surface area contributed by atoms with Crippen molar-refractivity contribution in [3.8, 4) is 5.75 Å². The van der Waals surface area contributed by atoms with Crippen molar-refractivity contribution in [1.82, 2.24) is 19.8 Å². The smallest absolute Gasteiger partial charge is 0.308 e. The van der Waals surface area contributed by atoms with E-state index in [-0.39, 0.29) is 36.4 Å². The number of carbonyl (C=O) groups excluding carboxylic acids is 2. The second kappa shape index (κ2) is 15.2. The Morgan fingerprint density at radius 3 is 2.37 bits per heavy atom. The molecule has 2 fully saturated rings. The highest BCUT2D eigenvalue weighted by molar-refractivity contribution is 5.82. The summed E-state index contributed by atoms with van der Waals surface area (Å²) in [6, 6.07) is 8.46. The van der Waals surface area contributed by atoms with E-state index in [1.54, 1.807) is 32.2 Å². The Morgan fingerprint density at radius 2 is 1.80 bits per heavy atom. The minimum absolute atomic E-state index is 0.133. The summed E-state index contributed by atoms with van der Waals surface area (Å²) in [4.78, 5) is 41.7. The second-order valence-corrected chi connectivity index (χ2v) is 12.6. The van der Waals surface area contributed by atoms with Gasteiger partial charge in [-0.2, -0.15) is 0 Å². The Bertz CT molecular complexity index is 1350. The van der Waals surface area contributed by atoms with Crippen molar-refractivity contribution in [1.29, 1.82) is 0 Å². The molecule has 0 N–H and O–H groups in total. The van der Waals surface area contributed by atoms with E-state index < -0.39 is 17.6 Å². The fourth-order valence-electron chi connectivity index (χ4n) is 6.88. The number of ether oxygens (including phenoxy) is 3. The highest BCUT2D eigenvalue weighted by atomic mass is 19.1. The number of aryl methyl sites for hydroxylation is 1. The number of aromatic nitrogens is 2. The number of esters is 1. The van der Waals surface area contributed by atoms with Crippen LogP contribution in [0.4, 0.5) is 10.2 Å². The molecule has 252 valence electrons. The van der Waals surface area contributed by atoms with Crippen LogP contribution in [0.5, 0.6) is 5.75 Å². The first-order chi connectivity index (χ1) is 22.0. The monoisotopic (exact) mass is 639 g/mol. The molecule has 0 aliphatic carbocycles. The average Bonchev–Trinajstić information content (AvgIpc) is 3.53. The summed E-state index contributed by atoms with van der Waals surface area (Å²) < 4.78 is 33.1. The number of alkyl halides is 1. The molecule has 46 heavy (non-hydrogen) atoms. The lowest BCUT2D eigenvalue weighted by Gasteiger charge is -2.46. The normalized spacial score (nSPS) is 21.3. The van der Waals surface area contributed by atoms with Crippen LogP contribution in [0.15, 0.2) is 48.8 Å². The number of hydrogen-bond acceptors (Lipinski definition) is 9. The zero-order valence-corrected chi connectivity index (χ0v) is 28.4. The van der Waals surface area contributed by atoms with E-state index in [2.05, 4.69) is 21.4 Å². The Morgan fingerprint density at radius 1 is 1.13 bits per heavy atom. The summed E-state index contributed by atoms with van der Waals surface area (Å²) in [5, 5.41) is 0. The molecule has 2 aliphatic rings. The summed E-state index contributed by atoms with van der Waals surface area (Å²) >= 11 is 0. The quantitative estimate of drug-likeness (QED) is 0.287. The molecule has 1 amide bonds. The van der Waals surface area contributed by atoms with E-state index in [4.69, 9.17) is 14.2 Å². The number of benzene rings is 1. The van der Waals surface area contributed by atoms with Gasteiger partial charge in [0.25, 0.3) is 0 Å². The van der Waals surface area contributed by atoms with Crippen LogP contribution < -0.4 is 9.64 Å². The van der Waals surface area contributed by atoms with Gasteiger partial charge in [0.2, 0.25) is 5.91 Å². The summed E-state index contributed by atoms with van der Waals surface area (Å²) in [5.41, 5.74) is -0.641. The first-order valence-corrected chi connectivity index (χ1v) is 16.2. The molecule has 1 aromatic heterocycles. The molecule has 0 radical (unpaired) electrons. The Kier molecular flexibility index (Phi) is 11.6. The van der Waals surface area contributed by atoms with Crippen molar-refractivity contribution >= 4 is 17.7 Å². The number of amides is 1. The number of likely N-dealkylation sites (tertiary alicyclic amines) is 1. The number of hydrogen-bond donors (Lipinski definition) is 0. The maximum atomic E-state index is 17.2. The van der Waals surface area contributed by atoms with Crippen LogP contribution in [0.3, 0.4) is 0 Å². The van der Waals surface area contributed by atoms with Gasteiger partial charge in [-0.1, -0.05) is 25.6 Å². The molecule has 3 heterocycles. The third kappa shape index (κ3) is 7.45. The molecular formula is C35H50FN5O5. The Labute approximate surface area is 272 Å². The van der Waals surface area contributed by atoms with Crippen molar-refractivity contribution in [2.45, 2.75) is 70.6 Å². The van der Waals surface area contributed by atoms with Gasteiger partial charge in [0.15, 0.2) is 5.67 Å². The van der Waals surface area contributed by atoms with Crippen LogP contribution in [-0.2, 0) is 19.1 Å². The molecule has 10 nitrogen and oxygen atoms in total. The van der Waals surface area contributed by atoms with E-state index in [1.807, 2.05) is 49.1 Å². The molecule has 0 saturated carbocycles. The maximum absolute atomic E-state index is 17.2. The summed E-state index contributed by atoms with van der Waals surface area (Å²) in [6.45, 7) is 13.6. The zero-order valence-electron chi connectivity index (χ0n) is 28.4. The van der Waals surface area contributed by atoms with Crippen LogP contribution in [0.25, 0.3) is 0 Å². The van der Waals surface area contributed by atoms with E-state index in [1.165, 1.54) is 14.0 Å². The maximum Gasteiger partial charge on any atom is 0.308 e. The Hall–Kier alpha value is -3.73. The molecular weight excluding hydrogens is 589 g/mol. The third-order valence-electron chi connectivity index (χ3n) is 9.92.